The summed E-state index contributed by atoms with van der Waals surface area (Å²) in [5.41, 5.74) is 0.706. The van der Waals surface area contributed by atoms with Gasteiger partial charge < -0.3 is 20.0 Å². The average Bonchev–Trinajstić information content (AvgIpc) is 2.67. The lowest BCUT2D eigenvalue weighted by atomic mass is 9.94. The van der Waals surface area contributed by atoms with E-state index < -0.39 is 0 Å². The minimum Gasteiger partial charge on any atom is -0.366 e. The molecule has 7 heteroatoms. The zero-order chi connectivity index (χ0) is 18.4. The number of nitrogens with one attached hydrogen (secondary N) is 1. The van der Waals surface area contributed by atoms with E-state index >= 15 is 0 Å². The second-order valence-corrected chi connectivity index (χ2v) is 7.43. The van der Waals surface area contributed by atoms with Gasteiger partial charge in [0.2, 0.25) is 0 Å². The van der Waals surface area contributed by atoms with Gasteiger partial charge in [0.25, 0.3) is 0 Å². The number of piperazine rings is 1. The fraction of sp³-hybridized carbons (Fsp3) is 0.650. The van der Waals surface area contributed by atoms with Gasteiger partial charge in [-0.2, -0.15) is 0 Å². The molecule has 2 heterocycles. The van der Waals surface area contributed by atoms with Crippen molar-refractivity contribution in [2.24, 2.45) is 10.9 Å². The zero-order valence-electron chi connectivity index (χ0n) is 16.5. The maximum atomic E-state index is 14.0. The Morgan fingerprint density at radius 3 is 2.41 bits per heavy atom. The van der Waals surface area contributed by atoms with Crippen molar-refractivity contribution in [3.05, 3.63) is 30.1 Å². The molecule has 2 saturated heterocycles. The van der Waals surface area contributed by atoms with Gasteiger partial charge in [0, 0.05) is 39.8 Å². The molecule has 1 aromatic carbocycles. The Kier molecular flexibility index (Phi) is 9.08. The van der Waals surface area contributed by atoms with Crippen LogP contribution in [-0.4, -0.2) is 75.7 Å². The molecule has 0 spiro atoms. The number of hydrogen-bond acceptors (Lipinski definition) is 3. The van der Waals surface area contributed by atoms with E-state index in [0.717, 1.165) is 44.6 Å². The first-order chi connectivity index (χ1) is 12.7. The Bertz CT molecular complexity index is 596. The first-order valence-electron chi connectivity index (χ1n) is 9.81. The maximum absolute atomic E-state index is 14.0. The molecule has 1 aromatic rings. The monoisotopic (exact) mass is 489 g/mol. The molecule has 5 nitrogen and oxygen atoms in total. The molecule has 0 saturated carbocycles. The summed E-state index contributed by atoms with van der Waals surface area (Å²) in [5, 5.41) is 3.53. The number of guanidine groups is 1. The quantitative estimate of drug-likeness (QED) is 0.401. The van der Waals surface area contributed by atoms with Crippen molar-refractivity contribution in [1.82, 2.24) is 15.1 Å². The normalized spacial score (nSPS) is 19.7. The maximum Gasteiger partial charge on any atom is 0.193 e. The van der Waals surface area contributed by atoms with Crippen molar-refractivity contribution < 1.29 is 4.39 Å². The third kappa shape index (κ3) is 6.20. The van der Waals surface area contributed by atoms with E-state index in [9.17, 15) is 4.39 Å². The van der Waals surface area contributed by atoms with Crippen LogP contribution in [0.3, 0.4) is 0 Å². The highest BCUT2D eigenvalue weighted by Crippen LogP contribution is 2.21. The summed E-state index contributed by atoms with van der Waals surface area (Å²) in [6, 6.07) is 7.03. The summed E-state index contributed by atoms with van der Waals surface area (Å²) in [6.07, 6.45) is 3.82. The van der Waals surface area contributed by atoms with E-state index in [0.29, 0.717) is 5.69 Å². The van der Waals surface area contributed by atoms with E-state index in [4.69, 9.17) is 0 Å². The third-order valence-corrected chi connectivity index (χ3v) is 5.66. The lowest BCUT2D eigenvalue weighted by Gasteiger charge is -2.38. The number of rotatable bonds is 4. The number of piperidine rings is 1. The lowest BCUT2D eigenvalue weighted by Crippen LogP contribution is -2.53. The number of para-hydroxylation sites is 1. The number of anilines is 1. The fourth-order valence-corrected chi connectivity index (χ4v) is 3.94. The second-order valence-electron chi connectivity index (χ2n) is 7.43. The molecule has 2 fully saturated rings. The van der Waals surface area contributed by atoms with Gasteiger partial charge >= 0.3 is 0 Å². The minimum atomic E-state index is -0.137. The highest BCUT2D eigenvalue weighted by Gasteiger charge is 2.22. The topological polar surface area (TPSA) is 34.1 Å². The molecule has 0 amide bonds. The van der Waals surface area contributed by atoms with Crippen molar-refractivity contribution in [1.29, 1.82) is 0 Å². The molecular weight excluding hydrogens is 456 g/mol. The highest BCUT2D eigenvalue weighted by molar-refractivity contribution is 14.0. The standard InChI is InChI=1S/C20H32FN5.HI/c1-22-20(23-10-7-17-8-11-24(2)12-9-17)26-15-13-25(14-16-26)19-6-4-3-5-18(19)21;/h3-6,17H,7-16H2,1-2H3,(H,22,23);1H. The average molecular weight is 489 g/mol. The molecule has 0 bridgehead atoms. The van der Waals surface area contributed by atoms with Crippen molar-refractivity contribution in [3.63, 3.8) is 0 Å². The van der Waals surface area contributed by atoms with Crippen molar-refractivity contribution in [2.75, 3.05) is 64.8 Å². The van der Waals surface area contributed by atoms with Crippen LogP contribution in [0.4, 0.5) is 10.1 Å². The zero-order valence-corrected chi connectivity index (χ0v) is 18.9. The molecule has 2 aliphatic heterocycles. The van der Waals surface area contributed by atoms with Crippen LogP contribution < -0.4 is 10.2 Å². The molecule has 2 aliphatic rings. The predicted octanol–water partition coefficient (Wildman–Crippen LogP) is 2.87. The van der Waals surface area contributed by atoms with E-state index in [-0.39, 0.29) is 29.8 Å². The Morgan fingerprint density at radius 1 is 1.11 bits per heavy atom. The minimum absolute atomic E-state index is 0. The summed E-state index contributed by atoms with van der Waals surface area (Å²) in [5.74, 6) is 1.67. The van der Waals surface area contributed by atoms with Crippen LogP contribution in [0.1, 0.15) is 19.3 Å². The van der Waals surface area contributed by atoms with Gasteiger partial charge in [0.15, 0.2) is 5.96 Å². The van der Waals surface area contributed by atoms with Crippen LogP contribution in [0.2, 0.25) is 0 Å². The molecule has 1 N–H and O–H groups in total. The number of aliphatic imine (C=N–C) groups is 1. The number of likely N-dealkylation sites (tertiary alicyclic amines) is 1. The van der Waals surface area contributed by atoms with Crippen molar-refractivity contribution in [2.45, 2.75) is 19.3 Å². The second kappa shape index (κ2) is 11.0. The molecule has 3 rings (SSSR count). The van der Waals surface area contributed by atoms with Gasteiger partial charge in [-0.25, -0.2) is 4.39 Å². The summed E-state index contributed by atoms with van der Waals surface area (Å²) in [4.78, 5) is 11.3. The molecule has 0 aliphatic carbocycles. The number of hydrogen-bond donors (Lipinski definition) is 1. The van der Waals surface area contributed by atoms with Gasteiger partial charge in [-0.05, 0) is 57.5 Å². The van der Waals surface area contributed by atoms with Crippen molar-refractivity contribution in [3.8, 4) is 0 Å². The van der Waals surface area contributed by atoms with Crippen LogP contribution in [0.15, 0.2) is 29.3 Å². The first kappa shape index (κ1) is 22.2. The highest BCUT2D eigenvalue weighted by atomic mass is 127. The molecular formula is C20H33FIN5. The van der Waals surface area contributed by atoms with E-state index in [1.807, 2.05) is 19.2 Å². The summed E-state index contributed by atoms with van der Waals surface area (Å²) >= 11 is 0. The molecule has 0 unspecified atom stereocenters. The van der Waals surface area contributed by atoms with Crippen LogP contribution in [0.5, 0.6) is 0 Å². The smallest absolute Gasteiger partial charge is 0.193 e. The van der Waals surface area contributed by atoms with E-state index in [1.54, 1.807) is 6.07 Å². The fourth-order valence-electron chi connectivity index (χ4n) is 3.94. The Balaban J connectivity index is 0.00000261. The summed E-state index contributed by atoms with van der Waals surface area (Å²) in [7, 11) is 4.05. The number of halogens is 2. The number of benzene rings is 1. The molecule has 0 radical (unpaired) electrons. The van der Waals surface area contributed by atoms with Gasteiger partial charge in [-0.3, -0.25) is 4.99 Å². The third-order valence-electron chi connectivity index (χ3n) is 5.66. The summed E-state index contributed by atoms with van der Waals surface area (Å²) in [6.45, 7) is 6.78. The molecule has 27 heavy (non-hydrogen) atoms. The van der Waals surface area contributed by atoms with E-state index in [2.05, 4.69) is 32.1 Å². The molecule has 152 valence electrons. The predicted molar refractivity (Wildman–Crippen MR) is 122 cm³/mol. The van der Waals surface area contributed by atoms with Crippen LogP contribution in [-0.2, 0) is 0 Å². The van der Waals surface area contributed by atoms with Gasteiger partial charge in [-0.15, -0.1) is 24.0 Å². The van der Waals surface area contributed by atoms with Crippen LogP contribution in [0, 0.1) is 11.7 Å². The van der Waals surface area contributed by atoms with E-state index in [1.165, 1.54) is 38.4 Å². The van der Waals surface area contributed by atoms with Crippen molar-refractivity contribution >= 4 is 35.6 Å². The van der Waals surface area contributed by atoms with Crippen LogP contribution in [0.25, 0.3) is 0 Å². The Morgan fingerprint density at radius 2 is 1.78 bits per heavy atom. The Hall–Kier alpha value is -1.09. The van der Waals surface area contributed by atoms with Gasteiger partial charge in [0.1, 0.15) is 5.82 Å². The Labute approximate surface area is 180 Å². The van der Waals surface area contributed by atoms with Crippen LogP contribution >= 0.6 is 24.0 Å². The summed E-state index contributed by atoms with van der Waals surface area (Å²) < 4.78 is 14.0. The SMILES string of the molecule is CN=C(NCCC1CCN(C)CC1)N1CCN(c2ccccc2F)CC1.I. The van der Waals surface area contributed by atoms with Gasteiger partial charge in [-0.1, -0.05) is 12.1 Å². The largest absolute Gasteiger partial charge is 0.366 e. The lowest BCUT2D eigenvalue weighted by molar-refractivity contribution is 0.212. The molecule has 0 atom stereocenters. The first-order valence-corrected chi connectivity index (χ1v) is 9.81. The number of nitrogens with zero attached hydrogens (tertiary/aromatic N) is 4. The van der Waals surface area contributed by atoms with Gasteiger partial charge in [0.05, 0.1) is 5.69 Å². The molecule has 0 aromatic heterocycles.